The van der Waals surface area contributed by atoms with Crippen LogP contribution in [0.15, 0.2) is 0 Å². The first-order chi connectivity index (χ1) is 9.99. The highest BCUT2D eigenvalue weighted by molar-refractivity contribution is 5.79. The molecule has 0 N–H and O–H groups in total. The third-order valence-corrected chi connectivity index (χ3v) is 4.43. The van der Waals surface area contributed by atoms with E-state index < -0.39 is 0 Å². The van der Waals surface area contributed by atoms with Crippen LogP contribution in [0.2, 0.25) is 0 Å². The molecule has 0 aromatic rings. The minimum atomic E-state index is 0.0392. The second-order valence-electron chi connectivity index (χ2n) is 6.39. The van der Waals surface area contributed by atoms with Gasteiger partial charge in [-0.15, -0.1) is 0 Å². The number of carbonyl (C=O) groups is 2. The van der Waals surface area contributed by atoms with Gasteiger partial charge in [-0.25, -0.2) is 4.79 Å². The van der Waals surface area contributed by atoms with Crippen LogP contribution >= 0.6 is 0 Å². The predicted octanol–water partition coefficient (Wildman–Crippen LogP) is 0.875. The van der Waals surface area contributed by atoms with Gasteiger partial charge >= 0.3 is 6.03 Å². The number of ether oxygens (including phenoxy) is 1. The van der Waals surface area contributed by atoms with Crippen LogP contribution in [0.3, 0.4) is 0 Å². The van der Waals surface area contributed by atoms with E-state index in [-0.39, 0.29) is 17.9 Å². The van der Waals surface area contributed by atoms with Gasteiger partial charge in [-0.1, -0.05) is 0 Å². The summed E-state index contributed by atoms with van der Waals surface area (Å²) in [4.78, 5) is 29.6. The van der Waals surface area contributed by atoms with E-state index in [0.29, 0.717) is 19.0 Å². The molecule has 2 fully saturated rings. The number of nitrogens with zero attached hydrogens (tertiary/aromatic N) is 3. The van der Waals surface area contributed by atoms with Gasteiger partial charge in [0.1, 0.15) is 0 Å². The molecule has 2 saturated heterocycles. The Morgan fingerprint density at radius 3 is 2.33 bits per heavy atom. The Kier molecular flexibility index (Phi) is 5.45. The highest BCUT2D eigenvalue weighted by atomic mass is 16.5. The van der Waals surface area contributed by atoms with Crippen LogP contribution in [-0.2, 0) is 9.53 Å². The zero-order valence-electron chi connectivity index (χ0n) is 13.4. The number of hydrogen-bond acceptors (Lipinski definition) is 3. The summed E-state index contributed by atoms with van der Waals surface area (Å²) < 4.78 is 5.36. The molecule has 0 spiro atoms. The molecule has 0 aromatic heterocycles. The first kappa shape index (κ1) is 16.1. The van der Waals surface area contributed by atoms with Crippen molar-refractivity contribution >= 4 is 11.9 Å². The third-order valence-electron chi connectivity index (χ3n) is 4.43. The topological polar surface area (TPSA) is 53.1 Å². The van der Waals surface area contributed by atoms with Gasteiger partial charge in [-0.05, 0) is 19.3 Å². The van der Waals surface area contributed by atoms with Gasteiger partial charge in [0.25, 0.3) is 0 Å². The summed E-state index contributed by atoms with van der Waals surface area (Å²) in [6, 6.07) is 0.0392. The number of hydrogen-bond donors (Lipinski definition) is 0. The maximum Gasteiger partial charge on any atom is 0.319 e. The van der Waals surface area contributed by atoms with Crippen LogP contribution in [0.4, 0.5) is 4.79 Å². The average molecular weight is 297 g/mol. The van der Waals surface area contributed by atoms with Gasteiger partial charge in [0.2, 0.25) is 5.91 Å². The van der Waals surface area contributed by atoms with E-state index in [0.717, 1.165) is 39.0 Å². The smallest absolute Gasteiger partial charge is 0.319 e. The van der Waals surface area contributed by atoms with E-state index in [4.69, 9.17) is 4.74 Å². The Bertz CT molecular complexity index is 372. The molecule has 0 unspecified atom stereocenters. The van der Waals surface area contributed by atoms with Crippen molar-refractivity contribution in [3.63, 3.8) is 0 Å². The lowest BCUT2D eigenvalue weighted by Gasteiger charge is -2.34. The molecule has 0 saturated carbocycles. The fraction of sp³-hybridized carbons (Fsp3) is 0.867. The van der Waals surface area contributed by atoms with Crippen LogP contribution in [0.25, 0.3) is 0 Å². The standard InChI is InChI=1S/C15H27N3O3/c1-16(2)15(20)18-7-4-13(5-8-18)14(19)17(3)10-12-6-9-21-11-12/h12-13H,4-11H2,1-3H3/t12-/m0/s1. The molecule has 2 aliphatic heterocycles. The minimum absolute atomic E-state index is 0.0392. The number of likely N-dealkylation sites (tertiary alicyclic amines) is 1. The van der Waals surface area contributed by atoms with Gasteiger partial charge in [0.15, 0.2) is 0 Å². The second kappa shape index (κ2) is 7.11. The van der Waals surface area contributed by atoms with E-state index >= 15 is 0 Å². The summed E-state index contributed by atoms with van der Waals surface area (Å²) in [5.41, 5.74) is 0. The Hall–Kier alpha value is -1.30. The van der Waals surface area contributed by atoms with Crippen LogP contribution in [0.1, 0.15) is 19.3 Å². The maximum absolute atomic E-state index is 12.5. The van der Waals surface area contributed by atoms with Gasteiger partial charge in [0.05, 0.1) is 6.61 Å². The molecule has 21 heavy (non-hydrogen) atoms. The number of rotatable bonds is 3. The summed E-state index contributed by atoms with van der Waals surface area (Å²) in [5.74, 6) is 0.761. The highest BCUT2D eigenvalue weighted by Crippen LogP contribution is 2.21. The third kappa shape index (κ3) is 4.09. The second-order valence-corrected chi connectivity index (χ2v) is 6.39. The predicted molar refractivity (Wildman–Crippen MR) is 79.9 cm³/mol. The summed E-state index contributed by atoms with van der Waals surface area (Å²) in [7, 11) is 5.41. The Morgan fingerprint density at radius 1 is 1.14 bits per heavy atom. The van der Waals surface area contributed by atoms with E-state index in [1.807, 2.05) is 16.8 Å². The van der Waals surface area contributed by atoms with Crippen molar-refractivity contribution in [1.29, 1.82) is 0 Å². The Labute approximate surface area is 127 Å². The Morgan fingerprint density at radius 2 is 1.81 bits per heavy atom. The van der Waals surface area contributed by atoms with Crippen molar-refractivity contribution in [2.24, 2.45) is 11.8 Å². The van der Waals surface area contributed by atoms with Crippen molar-refractivity contribution in [2.45, 2.75) is 19.3 Å². The number of urea groups is 1. The summed E-state index contributed by atoms with van der Waals surface area (Å²) in [5, 5.41) is 0. The zero-order valence-corrected chi connectivity index (χ0v) is 13.4. The lowest BCUT2D eigenvalue weighted by molar-refractivity contribution is -0.136. The maximum atomic E-state index is 12.5. The number of amides is 3. The fourth-order valence-corrected chi connectivity index (χ4v) is 3.12. The zero-order chi connectivity index (χ0) is 15.4. The number of carbonyl (C=O) groups excluding carboxylic acids is 2. The minimum Gasteiger partial charge on any atom is -0.381 e. The average Bonchev–Trinajstić information content (AvgIpc) is 2.98. The van der Waals surface area contributed by atoms with E-state index in [2.05, 4.69) is 0 Å². The highest BCUT2D eigenvalue weighted by Gasteiger charge is 2.30. The fourth-order valence-electron chi connectivity index (χ4n) is 3.12. The normalized spacial score (nSPS) is 23.2. The molecule has 2 heterocycles. The number of piperidine rings is 1. The lowest BCUT2D eigenvalue weighted by atomic mass is 9.95. The molecular formula is C15H27N3O3. The monoisotopic (exact) mass is 297 g/mol. The molecule has 0 aromatic carbocycles. The first-order valence-electron chi connectivity index (χ1n) is 7.78. The Balaban J connectivity index is 1.78. The van der Waals surface area contributed by atoms with Crippen molar-refractivity contribution < 1.29 is 14.3 Å². The molecule has 0 aliphatic carbocycles. The van der Waals surface area contributed by atoms with Crippen molar-refractivity contribution in [3.05, 3.63) is 0 Å². The lowest BCUT2D eigenvalue weighted by Crippen LogP contribution is -2.47. The van der Waals surface area contributed by atoms with E-state index in [1.54, 1.807) is 19.0 Å². The van der Waals surface area contributed by atoms with Crippen molar-refractivity contribution in [3.8, 4) is 0 Å². The van der Waals surface area contributed by atoms with E-state index in [9.17, 15) is 9.59 Å². The first-order valence-corrected chi connectivity index (χ1v) is 7.78. The molecule has 120 valence electrons. The quantitative estimate of drug-likeness (QED) is 0.777. The molecule has 3 amide bonds. The van der Waals surface area contributed by atoms with Crippen LogP contribution < -0.4 is 0 Å². The van der Waals surface area contributed by atoms with Crippen LogP contribution in [0, 0.1) is 11.8 Å². The molecule has 0 radical (unpaired) electrons. The largest absolute Gasteiger partial charge is 0.381 e. The summed E-state index contributed by atoms with van der Waals surface area (Å²) in [6.45, 7) is 3.72. The van der Waals surface area contributed by atoms with Crippen molar-refractivity contribution in [1.82, 2.24) is 14.7 Å². The SMILES string of the molecule is CN(C)C(=O)N1CCC(C(=O)N(C)C[C@@H]2CCOC2)CC1. The summed E-state index contributed by atoms with van der Waals surface area (Å²) >= 11 is 0. The molecule has 1 atom stereocenters. The van der Waals surface area contributed by atoms with Crippen LogP contribution in [-0.4, -0.2) is 80.6 Å². The molecule has 2 aliphatic rings. The van der Waals surface area contributed by atoms with Gasteiger partial charge in [-0.2, -0.15) is 0 Å². The molecular weight excluding hydrogens is 270 g/mol. The van der Waals surface area contributed by atoms with Gasteiger partial charge in [0, 0.05) is 59.2 Å². The van der Waals surface area contributed by atoms with Gasteiger partial charge in [-0.3, -0.25) is 4.79 Å². The van der Waals surface area contributed by atoms with Gasteiger partial charge < -0.3 is 19.4 Å². The molecule has 2 rings (SSSR count). The van der Waals surface area contributed by atoms with Crippen LogP contribution in [0.5, 0.6) is 0 Å². The molecule has 6 heteroatoms. The molecule has 0 bridgehead atoms. The molecule has 6 nitrogen and oxygen atoms in total. The van der Waals surface area contributed by atoms with E-state index in [1.165, 1.54) is 0 Å². The summed E-state index contributed by atoms with van der Waals surface area (Å²) in [6.07, 6.45) is 2.58. The van der Waals surface area contributed by atoms with Crippen molar-refractivity contribution in [2.75, 3.05) is 54.0 Å².